The van der Waals surface area contributed by atoms with E-state index in [1.165, 1.54) is 31.4 Å². The molecule has 0 saturated carbocycles. The van der Waals surface area contributed by atoms with Gasteiger partial charge in [-0.25, -0.2) is 4.79 Å². The Morgan fingerprint density at radius 1 is 0.700 bits per heavy atom. The minimum Gasteiger partial charge on any atom is -0.497 e. The van der Waals surface area contributed by atoms with E-state index in [1.54, 1.807) is 25.3 Å². The number of esters is 1. The van der Waals surface area contributed by atoms with Crippen LogP contribution in [0.5, 0.6) is 17.2 Å². The molecule has 0 aliphatic rings. The first-order valence-electron chi connectivity index (χ1n) is 14.1. The molecule has 0 radical (unpaired) electrons. The van der Waals surface area contributed by atoms with E-state index in [-0.39, 0.29) is 0 Å². The topological polar surface area (TPSA) is 54.0 Å². The molecule has 0 N–H and O–H groups in total. The fraction of sp³-hybridized carbons (Fsp3) is 0.364. The van der Waals surface area contributed by atoms with Gasteiger partial charge in [-0.1, -0.05) is 55.7 Å². The summed E-state index contributed by atoms with van der Waals surface area (Å²) in [5.74, 6) is 1.73. The molecule has 3 aromatic carbocycles. The smallest absolute Gasteiger partial charge is 0.336 e. The Morgan fingerprint density at radius 2 is 1.25 bits per heavy atom. The van der Waals surface area contributed by atoms with Gasteiger partial charge in [-0.3, -0.25) is 0 Å². The predicted molar refractivity (Wildman–Crippen MR) is 170 cm³/mol. The number of ether oxygens (including phenoxy) is 3. The first-order chi connectivity index (χ1) is 19.0. The maximum atomic E-state index is 12.2. The molecule has 5 nitrogen and oxygen atoms in total. The molecule has 3 rings (SSSR count). The van der Waals surface area contributed by atoms with Crippen LogP contribution in [0, 0.1) is 0 Å². The second kappa shape index (κ2) is 15.0. The zero-order chi connectivity index (χ0) is 29.0. The SMILES string of the molecule is COc1ccc(/C=C/C(=O)Oc2ccc(-c3ccc(OCCCCCC[Si](C)(C)O[Si](C)(C)C)cc3)cc2)cc1. The van der Waals surface area contributed by atoms with E-state index >= 15 is 0 Å². The van der Waals surface area contributed by atoms with Crippen molar-refractivity contribution < 1.29 is 23.1 Å². The maximum Gasteiger partial charge on any atom is 0.336 e. The maximum absolute atomic E-state index is 12.2. The number of carbonyl (C=O) groups is 1. The predicted octanol–water partition coefficient (Wildman–Crippen LogP) is 8.98. The number of methoxy groups -OCH3 is 1. The Kier molecular flexibility index (Phi) is 11.8. The lowest BCUT2D eigenvalue weighted by Crippen LogP contribution is -2.42. The summed E-state index contributed by atoms with van der Waals surface area (Å²) >= 11 is 0. The monoisotopic (exact) mass is 576 g/mol. The molecule has 0 heterocycles. The van der Waals surface area contributed by atoms with Gasteiger partial charge in [0.1, 0.15) is 17.2 Å². The molecule has 0 aliphatic heterocycles. The summed E-state index contributed by atoms with van der Waals surface area (Å²) in [6.07, 6.45) is 7.86. The first-order valence-corrected chi connectivity index (χ1v) is 20.6. The Hall–Kier alpha value is -3.14. The molecule has 40 heavy (non-hydrogen) atoms. The van der Waals surface area contributed by atoms with E-state index in [9.17, 15) is 4.79 Å². The first kappa shape index (κ1) is 31.4. The molecular weight excluding hydrogens is 533 g/mol. The van der Waals surface area contributed by atoms with Crippen LogP contribution >= 0.6 is 0 Å². The molecule has 0 fully saturated rings. The van der Waals surface area contributed by atoms with Crippen LogP contribution < -0.4 is 14.2 Å². The Labute approximate surface area is 242 Å². The highest BCUT2D eigenvalue weighted by molar-refractivity contribution is 6.84. The minimum atomic E-state index is -1.52. The highest BCUT2D eigenvalue weighted by Gasteiger charge is 2.28. The van der Waals surface area contributed by atoms with Gasteiger partial charge in [0.15, 0.2) is 16.6 Å². The van der Waals surface area contributed by atoms with E-state index in [1.807, 2.05) is 48.5 Å². The van der Waals surface area contributed by atoms with Crippen molar-refractivity contribution in [3.63, 3.8) is 0 Å². The summed E-state index contributed by atoms with van der Waals surface area (Å²) < 4.78 is 23.0. The molecule has 0 saturated heterocycles. The number of unbranched alkanes of at least 4 members (excludes halogenated alkanes) is 3. The Bertz CT molecular complexity index is 1210. The normalized spacial score (nSPS) is 11.9. The standard InChI is InChI=1S/C33H44O5Si2/c1-35-30-18-11-27(12-19-30)13-24-33(34)37-32-22-16-29(17-23-32)28-14-20-31(21-15-28)36-25-9-7-8-10-26-40(5,6)38-39(2,3)4/h11-24H,7-10,25-26H2,1-6H3/b24-13+. The minimum absolute atomic E-state index is 0.424. The summed E-state index contributed by atoms with van der Waals surface area (Å²) in [4.78, 5) is 12.2. The molecular formula is C33H44O5Si2. The largest absolute Gasteiger partial charge is 0.497 e. The zero-order valence-corrected chi connectivity index (χ0v) is 26.9. The third-order valence-electron chi connectivity index (χ3n) is 6.31. The van der Waals surface area contributed by atoms with Crippen molar-refractivity contribution >= 4 is 28.7 Å². The molecule has 214 valence electrons. The molecule has 0 atom stereocenters. The van der Waals surface area contributed by atoms with Crippen molar-refractivity contribution in [2.45, 2.75) is 64.5 Å². The van der Waals surface area contributed by atoms with E-state index in [2.05, 4.69) is 44.9 Å². The van der Waals surface area contributed by atoms with E-state index < -0.39 is 22.6 Å². The van der Waals surface area contributed by atoms with Gasteiger partial charge in [0.05, 0.1) is 13.7 Å². The third kappa shape index (κ3) is 11.5. The molecule has 0 unspecified atom stereocenters. The fourth-order valence-corrected chi connectivity index (χ4v) is 12.7. The van der Waals surface area contributed by atoms with Gasteiger partial charge in [-0.2, -0.15) is 0 Å². The molecule has 3 aromatic rings. The lowest BCUT2D eigenvalue weighted by molar-refractivity contribution is -0.128. The van der Waals surface area contributed by atoms with Crippen molar-refractivity contribution in [1.29, 1.82) is 0 Å². The lowest BCUT2D eigenvalue weighted by atomic mass is 10.1. The molecule has 0 bridgehead atoms. The second-order valence-electron chi connectivity index (χ2n) is 11.6. The van der Waals surface area contributed by atoms with Crippen LogP contribution in [0.4, 0.5) is 0 Å². The average Bonchev–Trinajstić information content (AvgIpc) is 2.91. The molecule has 0 amide bonds. The number of hydrogen-bond donors (Lipinski definition) is 0. The van der Waals surface area contributed by atoms with Crippen LogP contribution in [-0.2, 0) is 8.91 Å². The van der Waals surface area contributed by atoms with Crippen LogP contribution in [0.25, 0.3) is 17.2 Å². The highest BCUT2D eigenvalue weighted by atomic mass is 28.4. The Morgan fingerprint density at radius 3 is 1.82 bits per heavy atom. The van der Waals surface area contributed by atoms with Gasteiger partial charge >= 0.3 is 5.97 Å². The summed E-state index contributed by atoms with van der Waals surface area (Å²) in [7, 11) is -1.34. The number of carbonyl (C=O) groups excluding carboxylic acids is 1. The van der Waals surface area contributed by atoms with Gasteiger partial charge in [0.25, 0.3) is 0 Å². The lowest BCUT2D eigenvalue weighted by Gasteiger charge is -2.31. The Balaban J connectivity index is 1.37. The number of benzene rings is 3. The molecule has 0 aromatic heterocycles. The van der Waals surface area contributed by atoms with E-state index in [0.717, 1.165) is 41.2 Å². The van der Waals surface area contributed by atoms with E-state index in [4.69, 9.17) is 18.3 Å². The summed E-state index contributed by atoms with van der Waals surface area (Å²) in [6, 6.07) is 24.3. The van der Waals surface area contributed by atoms with Crippen molar-refractivity contribution in [1.82, 2.24) is 0 Å². The summed E-state index contributed by atoms with van der Waals surface area (Å²) in [5.41, 5.74) is 3.02. The molecule has 7 heteroatoms. The van der Waals surface area contributed by atoms with Crippen LogP contribution in [0.3, 0.4) is 0 Å². The number of rotatable bonds is 15. The van der Waals surface area contributed by atoms with Crippen LogP contribution in [0.1, 0.15) is 31.2 Å². The highest BCUT2D eigenvalue weighted by Crippen LogP contribution is 2.25. The van der Waals surface area contributed by atoms with Gasteiger partial charge in [-0.15, -0.1) is 0 Å². The van der Waals surface area contributed by atoms with Crippen molar-refractivity contribution in [3.8, 4) is 28.4 Å². The second-order valence-corrected chi connectivity index (χ2v) is 20.6. The molecule has 0 aliphatic carbocycles. The third-order valence-corrected chi connectivity index (χ3v) is 12.5. The van der Waals surface area contributed by atoms with Gasteiger partial charge < -0.3 is 18.3 Å². The zero-order valence-electron chi connectivity index (χ0n) is 24.9. The van der Waals surface area contributed by atoms with Crippen LogP contribution in [-0.4, -0.2) is 36.3 Å². The van der Waals surface area contributed by atoms with E-state index in [0.29, 0.717) is 5.75 Å². The van der Waals surface area contributed by atoms with Gasteiger partial charge in [-0.05, 0) is 104 Å². The van der Waals surface area contributed by atoms with Crippen LogP contribution in [0.15, 0.2) is 78.9 Å². The quantitative estimate of drug-likeness (QED) is 0.0594. The summed E-state index contributed by atoms with van der Waals surface area (Å²) in [6.45, 7) is 12.3. The number of hydrogen-bond acceptors (Lipinski definition) is 5. The van der Waals surface area contributed by atoms with Crippen LogP contribution in [0.2, 0.25) is 38.8 Å². The van der Waals surface area contributed by atoms with Gasteiger partial charge in [0.2, 0.25) is 0 Å². The van der Waals surface area contributed by atoms with Crippen molar-refractivity contribution in [2.75, 3.05) is 13.7 Å². The van der Waals surface area contributed by atoms with Gasteiger partial charge in [0, 0.05) is 6.08 Å². The fourth-order valence-electron chi connectivity index (χ4n) is 4.56. The summed E-state index contributed by atoms with van der Waals surface area (Å²) in [5, 5.41) is 0. The molecule has 0 spiro atoms. The van der Waals surface area contributed by atoms with Crippen molar-refractivity contribution in [3.05, 3.63) is 84.4 Å². The average molecular weight is 577 g/mol. The van der Waals surface area contributed by atoms with Crippen molar-refractivity contribution in [2.24, 2.45) is 0 Å².